The maximum Gasteiger partial charge on any atom is 0.104 e. The lowest BCUT2D eigenvalue weighted by atomic mass is 9.93. The van der Waals surface area contributed by atoms with E-state index in [-0.39, 0.29) is 11.0 Å². The second-order valence-electron chi connectivity index (χ2n) is 10.8. The highest BCUT2D eigenvalue weighted by Crippen LogP contribution is 2.25. The fourth-order valence-corrected chi connectivity index (χ4v) is 6.25. The Labute approximate surface area is 255 Å². The number of aromatic nitrogens is 2. The molecular formula is C34H47N5O2S. The zero-order valence-electron chi connectivity index (χ0n) is 25.0. The monoisotopic (exact) mass is 589 g/mol. The summed E-state index contributed by atoms with van der Waals surface area (Å²) in [5, 5.41) is 9.10. The number of aromatic amines is 1. The van der Waals surface area contributed by atoms with Crippen molar-refractivity contribution in [3.05, 3.63) is 95.8 Å². The largest absolute Gasteiger partial charge is 0.412 e. The van der Waals surface area contributed by atoms with Gasteiger partial charge in [0.15, 0.2) is 0 Å². The fraction of sp³-hybridized carbons (Fsp3) is 0.412. The lowest BCUT2D eigenvalue weighted by Crippen LogP contribution is -2.34. The van der Waals surface area contributed by atoms with Crippen molar-refractivity contribution in [2.45, 2.75) is 75.1 Å². The summed E-state index contributed by atoms with van der Waals surface area (Å²) in [5.74, 6) is 1.45. The van der Waals surface area contributed by atoms with Gasteiger partial charge in [-0.3, -0.25) is 4.72 Å². The summed E-state index contributed by atoms with van der Waals surface area (Å²) in [6, 6.07) is 29.7. The molecule has 4 aromatic rings. The van der Waals surface area contributed by atoms with Crippen LogP contribution in [0.4, 0.5) is 0 Å². The molecule has 1 aromatic heterocycles. The lowest BCUT2D eigenvalue weighted by Gasteiger charge is -2.31. The Morgan fingerprint density at radius 3 is 2.36 bits per heavy atom. The van der Waals surface area contributed by atoms with E-state index in [1.165, 1.54) is 50.5 Å². The normalized spacial score (nSPS) is 14.3. The lowest BCUT2D eigenvalue weighted by molar-refractivity contribution is 0.197. The van der Waals surface area contributed by atoms with Crippen molar-refractivity contribution in [1.29, 1.82) is 5.26 Å². The minimum absolute atomic E-state index is 0. The van der Waals surface area contributed by atoms with Crippen LogP contribution in [-0.2, 0) is 0 Å². The molecule has 0 aliphatic heterocycles. The van der Waals surface area contributed by atoms with Gasteiger partial charge in [0.05, 0.1) is 22.7 Å². The predicted molar refractivity (Wildman–Crippen MR) is 176 cm³/mol. The highest BCUT2D eigenvalue weighted by molar-refractivity contribution is 7.97. The standard InChI is InChI=1S/C26H35N3S.C8H8N2.2H2O/c1-29(25-14-8-3-2-4-9-15-25)18-17-24(23-12-6-5-7-13-23)21-28-30-26-16-10-11-22(19-26)20-27;1-6-9-7-4-2-3-5-8(7)10-6;;/h5-7,10-13,16,19,24-25,28H,2-4,8-9,14-15,17-18,21H2,1H3;2-5H,1H3,(H,9,10);2*1H2. The summed E-state index contributed by atoms with van der Waals surface area (Å²) >= 11 is 1.63. The van der Waals surface area contributed by atoms with Crippen LogP contribution < -0.4 is 4.72 Å². The average Bonchev–Trinajstić information content (AvgIpc) is 3.35. The molecule has 1 fully saturated rings. The van der Waals surface area contributed by atoms with Crippen LogP contribution in [0.1, 0.15) is 74.2 Å². The van der Waals surface area contributed by atoms with Gasteiger partial charge in [0.2, 0.25) is 0 Å². The van der Waals surface area contributed by atoms with Crippen LogP contribution >= 0.6 is 11.9 Å². The van der Waals surface area contributed by atoms with Crippen molar-refractivity contribution >= 4 is 23.0 Å². The fourth-order valence-electron chi connectivity index (χ4n) is 5.46. The Morgan fingerprint density at radius 1 is 0.952 bits per heavy atom. The Morgan fingerprint density at radius 2 is 1.64 bits per heavy atom. The molecule has 7 nitrogen and oxygen atoms in total. The van der Waals surface area contributed by atoms with E-state index in [2.05, 4.69) is 69.1 Å². The minimum atomic E-state index is 0. The molecule has 226 valence electrons. The van der Waals surface area contributed by atoms with E-state index < -0.39 is 0 Å². The highest BCUT2D eigenvalue weighted by atomic mass is 32.2. The summed E-state index contributed by atoms with van der Waals surface area (Å²) in [5.41, 5.74) is 4.27. The van der Waals surface area contributed by atoms with E-state index in [0.29, 0.717) is 11.5 Å². The molecular weight excluding hydrogens is 542 g/mol. The van der Waals surface area contributed by atoms with Crippen molar-refractivity contribution in [3.63, 3.8) is 0 Å². The van der Waals surface area contributed by atoms with Crippen molar-refractivity contribution in [1.82, 2.24) is 19.6 Å². The molecule has 1 unspecified atom stereocenters. The Hall–Kier alpha value is -3.19. The summed E-state index contributed by atoms with van der Waals surface area (Å²) in [7, 11) is 2.32. The number of fused-ring (bicyclic) bond motifs is 1. The third kappa shape index (κ3) is 11.2. The smallest absolute Gasteiger partial charge is 0.104 e. The molecule has 1 aliphatic carbocycles. The van der Waals surface area contributed by atoms with Crippen molar-refractivity contribution < 1.29 is 11.0 Å². The molecule has 0 bridgehead atoms. The number of aryl methyl sites for hydroxylation is 1. The summed E-state index contributed by atoms with van der Waals surface area (Å²) in [4.78, 5) is 11.1. The molecule has 1 saturated carbocycles. The van der Waals surface area contributed by atoms with Crippen LogP contribution in [0.15, 0.2) is 83.8 Å². The Balaban J connectivity index is 0.000000431. The first kappa shape index (κ1) is 35.0. The molecule has 0 saturated heterocycles. The maximum atomic E-state index is 9.10. The SMILES string of the molecule is CN(CCC(CNSc1cccc(C#N)c1)c1ccccc1)C1CCCCCCC1.Cc1nc2ccccc2[nH]1.O.O. The number of para-hydroxylation sites is 2. The van der Waals surface area contributed by atoms with Gasteiger partial charge in [-0.25, -0.2) is 4.98 Å². The van der Waals surface area contributed by atoms with E-state index in [1.807, 2.05) is 49.4 Å². The maximum absolute atomic E-state index is 9.10. The number of imidazole rings is 1. The van der Waals surface area contributed by atoms with Crippen LogP contribution in [0.25, 0.3) is 11.0 Å². The van der Waals surface area contributed by atoms with E-state index >= 15 is 0 Å². The van der Waals surface area contributed by atoms with Crippen LogP contribution in [0.3, 0.4) is 0 Å². The third-order valence-corrected chi connectivity index (χ3v) is 8.59. The van der Waals surface area contributed by atoms with E-state index in [9.17, 15) is 0 Å². The van der Waals surface area contributed by atoms with E-state index in [1.54, 1.807) is 11.9 Å². The topological polar surface area (TPSA) is 131 Å². The van der Waals surface area contributed by atoms with Crippen molar-refractivity contribution in [2.75, 3.05) is 20.1 Å². The summed E-state index contributed by atoms with van der Waals surface area (Å²) in [6.07, 6.45) is 10.9. The second kappa shape index (κ2) is 19.1. The number of nitriles is 1. The number of benzene rings is 3. The number of H-pyrrole nitrogens is 1. The van der Waals surface area contributed by atoms with Crippen LogP contribution in [0, 0.1) is 18.3 Å². The van der Waals surface area contributed by atoms with Gasteiger partial charge in [-0.15, -0.1) is 0 Å². The Kier molecular flexibility index (Phi) is 15.9. The number of hydrogen-bond acceptors (Lipinski definition) is 5. The number of hydrogen-bond donors (Lipinski definition) is 2. The van der Waals surface area contributed by atoms with Crippen LogP contribution in [0.2, 0.25) is 0 Å². The first-order chi connectivity index (χ1) is 19.6. The first-order valence-electron chi connectivity index (χ1n) is 14.7. The molecule has 1 aliphatic rings. The van der Waals surface area contributed by atoms with Crippen LogP contribution in [-0.4, -0.2) is 52.0 Å². The van der Waals surface area contributed by atoms with Gasteiger partial charge in [0, 0.05) is 17.5 Å². The van der Waals surface area contributed by atoms with Crippen LogP contribution in [0.5, 0.6) is 0 Å². The van der Waals surface area contributed by atoms with E-state index in [0.717, 1.165) is 47.3 Å². The number of rotatable bonds is 9. The van der Waals surface area contributed by atoms with Gasteiger partial charge in [-0.2, -0.15) is 5.26 Å². The third-order valence-electron chi connectivity index (χ3n) is 7.79. The zero-order valence-corrected chi connectivity index (χ0v) is 25.8. The number of nitrogens with one attached hydrogen (secondary N) is 2. The molecule has 8 heteroatoms. The van der Waals surface area contributed by atoms with Gasteiger partial charge in [-0.1, -0.05) is 80.6 Å². The molecule has 0 radical (unpaired) electrons. The predicted octanol–water partition coefficient (Wildman–Crippen LogP) is 6.60. The molecule has 1 heterocycles. The molecule has 5 rings (SSSR count). The summed E-state index contributed by atoms with van der Waals surface area (Å²) in [6.45, 7) is 4.02. The zero-order chi connectivity index (χ0) is 28.0. The number of nitrogens with zero attached hydrogens (tertiary/aromatic N) is 3. The molecule has 0 amide bonds. The van der Waals surface area contributed by atoms with Gasteiger partial charge < -0.3 is 20.8 Å². The second-order valence-corrected chi connectivity index (χ2v) is 11.8. The minimum Gasteiger partial charge on any atom is -0.412 e. The van der Waals surface area contributed by atoms with Gasteiger partial charge in [-0.05, 0) is 93.5 Å². The van der Waals surface area contributed by atoms with Gasteiger partial charge >= 0.3 is 0 Å². The molecule has 1 atom stereocenters. The molecule has 3 aromatic carbocycles. The first-order valence-corrected chi connectivity index (χ1v) is 15.5. The van der Waals surface area contributed by atoms with Gasteiger partial charge in [0.1, 0.15) is 5.82 Å². The van der Waals surface area contributed by atoms with Crippen molar-refractivity contribution in [3.8, 4) is 6.07 Å². The molecule has 6 N–H and O–H groups in total. The summed E-state index contributed by atoms with van der Waals surface area (Å²) < 4.78 is 3.56. The quantitative estimate of drug-likeness (QED) is 0.213. The Bertz CT molecular complexity index is 1300. The molecule has 42 heavy (non-hydrogen) atoms. The highest BCUT2D eigenvalue weighted by Gasteiger charge is 2.18. The molecule has 0 spiro atoms. The van der Waals surface area contributed by atoms with Crippen molar-refractivity contribution in [2.24, 2.45) is 0 Å². The van der Waals surface area contributed by atoms with E-state index in [4.69, 9.17) is 5.26 Å². The average molecular weight is 590 g/mol. The van der Waals surface area contributed by atoms with Gasteiger partial charge in [0.25, 0.3) is 0 Å².